The van der Waals surface area contributed by atoms with Crippen molar-refractivity contribution in [2.24, 2.45) is 0 Å². The third-order valence-electron chi connectivity index (χ3n) is 8.30. The fraction of sp³-hybridized carbons (Fsp3) is 0.351. The molecule has 0 aromatic heterocycles. The van der Waals surface area contributed by atoms with Crippen molar-refractivity contribution in [3.05, 3.63) is 117 Å². The van der Waals surface area contributed by atoms with Crippen molar-refractivity contribution < 1.29 is 28.9 Å². The summed E-state index contributed by atoms with van der Waals surface area (Å²) in [6.07, 6.45) is 2.12. The minimum absolute atomic E-state index is 0.304. The van der Waals surface area contributed by atoms with Crippen molar-refractivity contribution in [3.63, 3.8) is 0 Å². The standard InChI is InChI=1S/C37H47O6P/c1-25-14-32(20-30-16-26(2)35(38)27(3)17-30)37(33(15-25)21-31-18-28(4)36(39)29(5)19-31)43-44(22-40-6,23-41-7,24-42-8)34-12-10-9-11-13-34/h9-19,38-39H,20-24H2,1-8H3. The van der Waals surface area contributed by atoms with Gasteiger partial charge in [0.05, 0.1) is 0 Å². The van der Waals surface area contributed by atoms with Crippen LogP contribution in [0.1, 0.15) is 50.1 Å². The summed E-state index contributed by atoms with van der Waals surface area (Å²) in [5, 5.41) is 22.0. The Hall–Kier alpha value is -3.41. The molecule has 0 saturated heterocycles. The van der Waals surface area contributed by atoms with Gasteiger partial charge in [-0.05, 0) is 0 Å². The molecule has 0 spiro atoms. The van der Waals surface area contributed by atoms with Gasteiger partial charge in [-0.15, -0.1) is 0 Å². The van der Waals surface area contributed by atoms with Gasteiger partial charge in [-0.2, -0.15) is 0 Å². The molecule has 44 heavy (non-hydrogen) atoms. The number of ether oxygens (including phenoxy) is 3. The predicted octanol–water partition coefficient (Wildman–Crippen LogP) is 7.81. The van der Waals surface area contributed by atoms with Gasteiger partial charge in [-0.25, -0.2) is 0 Å². The number of hydrogen-bond acceptors (Lipinski definition) is 6. The van der Waals surface area contributed by atoms with Crippen molar-refractivity contribution in [1.29, 1.82) is 0 Å². The molecule has 4 aromatic carbocycles. The molecule has 6 nitrogen and oxygen atoms in total. The van der Waals surface area contributed by atoms with Gasteiger partial charge in [0.25, 0.3) is 0 Å². The van der Waals surface area contributed by atoms with Crippen LogP contribution < -0.4 is 9.83 Å². The van der Waals surface area contributed by atoms with Crippen LogP contribution in [0.25, 0.3) is 0 Å². The molecular weight excluding hydrogens is 571 g/mol. The van der Waals surface area contributed by atoms with E-state index in [0.29, 0.717) is 43.4 Å². The molecule has 0 radical (unpaired) electrons. The Labute approximate surface area is 262 Å². The Morgan fingerprint density at radius 1 is 0.568 bits per heavy atom. The second-order valence-corrected chi connectivity index (χ2v) is 16.9. The van der Waals surface area contributed by atoms with Gasteiger partial charge in [-0.1, -0.05) is 0 Å². The number of phenolic OH excluding ortho intramolecular Hbond substituents is 2. The molecule has 0 bridgehead atoms. The van der Waals surface area contributed by atoms with Crippen LogP contribution in [0, 0.1) is 34.6 Å². The number of phenols is 2. The fourth-order valence-electron chi connectivity index (χ4n) is 6.45. The van der Waals surface area contributed by atoms with E-state index in [1.165, 1.54) is 0 Å². The molecule has 0 fully saturated rings. The summed E-state index contributed by atoms with van der Waals surface area (Å²) in [6.45, 7) is 6.22. The van der Waals surface area contributed by atoms with Gasteiger partial charge in [0.15, 0.2) is 0 Å². The summed E-state index contributed by atoms with van der Waals surface area (Å²) < 4.78 is 25.6. The van der Waals surface area contributed by atoms with Gasteiger partial charge < -0.3 is 0 Å². The van der Waals surface area contributed by atoms with Crippen LogP contribution in [0.4, 0.5) is 0 Å². The second-order valence-electron chi connectivity index (χ2n) is 12.2. The maximum atomic E-state index is 10.5. The predicted molar refractivity (Wildman–Crippen MR) is 181 cm³/mol. The van der Waals surface area contributed by atoms with Crippen molar-refractivity contribution in [3.8, 4) is 17.2 Å². The molecule has 0 atom stereocenters. The minimum atomic E-state index is -3.60. The SMILES string of the molecule is COCP(COC)(COC)(Oc1c(Cc2cc(C)c(O)c(C)c2)cc(C)cc1Cc1cc(C)c(O)c(C)c1)c1ccccc1. The third kappa shape index (κ3) is 6.79. The van der Waals surface area contributed by atoms with Gasteiger partial charge in [0.1, 0.15) is 0 Å². The van der Waals surface area contributed by atoms with Crippen molar-refractivity contribution in [1.82, 2.24) is 0 Å². The topological polar surface area (TPSA) is 77.4 Å². The van der Waals surface area contributed by atoms with Crippen molar-refractivity contribution in [2.75, 3.05) is 40.4 Å². The molecule has 0 unspecified atom stereocenters. The second kappa shape index (κ2) is 13.7. The molecule has 7 heteroatoms. The first-order chi connectivity index (χ1) is 20.9. The Morgan fingerprint density at radius 2 is 0.955 bits per heavy atom. The third-order valence-corrected chi connectivity index (χ3v) is 13.1. The number of aryl methyl sites for hydroxylation is 5. The summed E-state index contributed by atoms with van der Waals surface area (Å²) in [4.78, 5) is 0. The van der Waals surface area contributed by atoms with Crippen LogP contribution in [0.15, 0.2) is 66.7 Å². The average molecular weight is 619 g/mol. The summed E-state index contributed by atoms with van der Waals surface area (Å²) in [7, 11) is 5.08. The molecule has 0 aliphatic rings. The van der Waals surface area contributed by atoms with E-state index >= 15 is 0 Å². The van der Waals surface area contributed by atoms with Crippen LogP contribution in [-0.4, -0.2) is 50.6 Å². The zero-order chi connectivity index (χ0) is 32.1. The van der Waals surface area contributed by atoms with E-state index in [0.717, 1.165) is 61.1 Å². The van der Waals surface area contributed by atoms with Crippen LogP contribution in [0.3, 0.4) is 0 Å². The first-order valence-electron chi connectivity index (χ1n) is 14.9. The monoisotopic (exact) mass is 618 g/mol. The Balaban J connectivity index is 2.01. The van der Waals surface area contributed by atoms with E-state index in [2.05, 4.69) is 31.2 Å². The van der Waals surface area contributed by atoms with Crippen LogP contribution in [0.2, 0.25) is 0 Å². The summed E-state index contributed by atoms with van der Waals surface area (Å²) in [6, 6.07) is 22.7. The Kier molecular flexibility index (Phi) is 10.4. The summed E-state index contributed by atoms with van der Waals surface area (Å²) in [5.41, 5.74) is 8.71. The summed E-state index contributed by atoms with van der Waals surface area (Å²) >= 11 is 0. The number of rotatable bonds is 13. The van der Waals surface area contributed by atoms with E-state index in [-0.39, 0.29) is 0 Å². The molecule has 4 rings (SSSR count). The fourth-order valence-corrected chi connectivity index (χ4v) is 10.8. The summed E-state index contributed by atoms with van der Waals surface area (Å²) in [5.74, 6) is 1.43. The zero-order valence-electron chi connectivity index (χ0n) is 27.4. The number of benzene rings is 4. The van der Waals surface area contributed by atoms with Gasteiger partial charge in [0, 0.05) is 0 Å². The van der Waals surface area contributed by atoms with E-state index in [4.69, 9.17) is 18.7 Å². The molecule has 0 aliphatic heterocycles. The Bertz CT molecular complexity index is 1470. The molecule has 0 saturated carbocycles. The average Bonchev–Trinajstić information content (AvgIpc) is 2.97. The van der Waals surface area contributed by atoms with E-state index in [1.807, 2.05) is 70.2 Å². The van der Waals surface area contributed by atoms with Gasteiger partial charge >= 0.3 is 263 Å². The van der Waals surface area contributed by atoms with Gasteiger partial charge in [-0.3, -0.25) is 0 Å². The molecule has 4 aromatic rings. The molecule has 0 heterocycles. The van der Waals surface area contributed by atoms with Crippen LogP contribution in [0.5, 0.6) is 17.2 Å². The van der Waals surface area contributed by atoms with Crippen molar-refractivity contribution >= 4 is 12.1 Å². The zero-order valence-corrected chi connectivity index (χ0v) is 28.3. The van der Waals surface area contributed by atoms with E-state index in [9.17, 15) is 10.2 Å². The number of hydrogen-bond donors (Lipinski definition) is 2. The number of aromatic hydroxyl groups is 2. The van der Waals surface area contributed by atoms with E-state index < -0.39 is 6.83 Å². The van der Waals surface area contributed by atoms with Crippen LogP contribution in [-0.2, 0) is 27.1 Å². The quantitative estimate of drug-likeness (QED) is 0.149. The molecule has 0 aliphatic carbocycles. The molecular formula is C37H47O6P. The normalized spacial score (nSPS) is 12.6. The van der Waals surface area contributed by atoms with Gasteiger partial charge in [0.2, 0.25) is 0 Å². The molecule has 236 valence electrons. The number of methoxy groups -OCH3 is 3. The Morgan fingerprint density at radius 3 is 1.32 bits per heavy atom. The first-order valence-corrected chi connectivity index (χ1v) is 17.6. The van der Waals surface area contributed by atoms with E-state index in [1.54, 1.807) is 21.3 Å². The maximum absolute atomic E-state index is 10.5. The molecule has 0 amide bonds. The van der Waals surface area contributed by atoms with Crippen LogP contribution >= 0.6 is 6.83 Å². The molecule has 2 N–H and O–H groups in total. The first kappa shape index (κ1) is 33.5. The van der Waals surface area contributed by atoms with Crippen molar-refractivity contribution in [2.45, 2.75) is 47.5 Å².